The normalized spacial score (nSPS) is 14.1. The maximum atomic E-state index is 12.9. The van der Waals surface area contributed by atoms with Crippen LogP contribution in [0.3, 0.4) is 0 Å². The minimum Gasteiger partial charge on any atom is -0.493 e. The topological polar surface area (TPSA) is 67.8 Å². The summed E-state index contributed by atoms with van der Waals surface area (Å²) >= 11 is 0. The van der Waals surface area contributed by atoms with Gasteiger partial charge < -0.3 is 19.3 Å². The van der Waals surface area contributed by atoms with Crippen LogP contribution in [0.2, 0.25) is 0 Å². The summed E-state index contributed by atoms with van der Waals surface area (Å²) in [6.45, 7) is 6.91. The summed E-state index contributed by atoms with van der Waals surface area (Å²) in [6.07, 6.45) is 1.78. The van der Waals surface area contributed by atoms with Crippen LogP contribution >= 0.6 is 0 Å². The van der Waals surface area contributed by atoms with Gasteiger partial charge in [0.25, 0.3) is 5.91 Å². The zero-order valence-electron chi connectivity index (χ0n) is 17.1. The number of amides is 1. The van der Waals surface area contributed by atoms with Crippen LogP contribution < -0.4 is 14.4 Å². The lowest BCUT2D eigenvalue weighted by molar-refractivity contribution is 0.0745. The fraction of sp³-hybridized carbons (Fsp3) is 0.476. The van der Waals surface area contributed by atoms with Gasteiger partial charge in [-0.15, -0.1) is 0 Å². The van der Waals surface area contributed by atoms with E-state index in [1.807, 2.05) is 4.90 Å². The monoisotopic (exact) mass is 384 g/mol. The van der Waals surface area contributed by atoms with E-state index in [2.05, 4.69) is 34.8 Å². The third-order valence-corrected chi connectivity index (χ3v) is 5.03. The third kappa shape index (κ3) is 4.18. The van der Waals surface area contributed by atoms with Crippen molar-refractivity contribution in [2.75, 3.05) is 45.3 Å². The smallest absolute Gasteiger partial charge is 0.254 e. The molecule has 1 aliphatic heterocycles. The van der Waals surface area contributed by atoms with E-state index in [-0.39, 0.29) is 5.91 Å². The second-order valence-electron chi connectivity index (χ2n) is 6.71. The molecule has 0 spiro atoms. The second-order valence-corrected chi connectivity index (χ2v) is 6.71. The van der Waals surface area contributed by atoms with E-state index in [0.29, 0.717) is 30.2 Å². The summed E-state index contributed by atoms with van der Waals surface area (Å²) in [5.74, 6) is 1.94. The van der Waals surface area contributed by atoms with Crippen molar-refractivity contribution in [1.29, 1.82) is 0 Å². The van der Waals surface area contributed by atoms with E-state index in [1.54, 1.807) is 32.4 Å². The van der Waals surface area contributed by atoms with Gasteiger partial charge in [-0.05, 0) is 37.1 Å². The molecule has 7 heteroatoms. The zero-order valence-corrected chi connectivity index (χ0v) is 17.1. The van der Waals surface area contributed by atoms with Gasteiger partial charge >= 0.3 is 0 Å². The van der Waals surface area contributed by atoms with Gasteiger partial charge in [0.05, 0.1) is 14.2 Å². The van der Waals surface area contributed by atoms with Gasteiger partial charge in [0.2, 0.25) is 5.95 Å². The lowest BCUT2D eigenvalue weighted by Gasteiger charge is -2.35. The number of hydrogen-bond donors (Lipinski definition) is 0. The molecule has 3 rings (SSSR count). The highest BCUT2D eigenvalue weighted by atomic mass is 16.5. The molecule has 0 radical (unpaired) electrons. The van der Waals surface area contributed by atoms with Crippen molar-refractivity contribution in [3.05, 3.63) is 41.2 Å². The third-order valence-electron chi connectivity index (χ3n) is 5.03. The predicted octanol–water partition coefficient (Wildman–Crippen LogP) is 2.58. The highest BCUT2D eigenvalue weighted by molar-refractivity contribution is 5.95. The number of rotatable bonds is 6. The molecule has 1 aromatic heterocycles. The number of methoxy groups -OCH3 is 2. The van der Waals surface area contributed by atoms with E-state index in [0.717, 1.165) is 43.3 Å². The first-order valence-electron chi connectivity index (χ1n) is 9.72. The molecule has 1 aliphatic rings. The Hall–Kier alpha value is -2.83. The molecule has 1 saturated heterocycles. The zero-order chi connectivity index (χ0) is 20.1. The molecular weight excluding hydrogens is 356 g/mol. The van der Waals surface area contributed by atoms with Crippen molar-refractivity contribution in [3.8, 4) is 11.5 Å². The van der Waals surface area contributed by atoms with Crippen LogP contribution in [-0.4, -0.2) is 61.2 Å². The molecule has 2 aromatic rings. The molecule has 0 atom stereocenters. The SMILES string of the molecule is CCc1cc(CC)nc(N2CCN(C(=O)c3ccc(OC)c(OC)c3)CC2)n1. The van der Waals surface area contributed by atoms with Crippen LogP contribution in [0, 0.1) is 0 Å². The molecule has 0 unspecified atom stereocenters. The highest BCUT2D eigenvalue weighted by Gasteiger charge is 2.24. The summed E-state index contributed by atoms with van der Waals surface area (Å²) in [5.41, 5.74) is 2.72. The van der Waals surface area contributed by atoms with E-state index in [4.69, 9.17) is 9.47 Å². The van der Waals surface area contributed by atoms with E-state index in [1.165, 1.54) is 0 Å². The molecule has 1 aromatic carbocycles. The van der Waals surface area contributed by atoms with Gasteiger partial charge in [0, 0.05) is 43.1 Å². The molecule has 0 N–H and O–H groups in total. The molecule has 1 amide bonds. The second kappa shape index (κ2) is 8.91. The van der Waals surface area contributed by atoms with Crippen LogP contribution in [0.5, 0.6) is 11.5 Å². The Labute approximate surface area is 166 Å². The maximum Gasteiger partial charge on any atom is 0.254 e. The van der Waals surface area contributed by atoms with Crippen molar-refractivity contribution >= 4 is 11.9 Å². The maximum absolute atomic E-state index is 12.9. The number of piperazine rings is 1. The van der Waals surface area contributed by atoms with E-state index >= 15 is 0 Å². The number of ether oxygens (including phenoxy) is 2. The number of carbonyl (C=O) groups is 1. The van der Waals surface area contributed by atoms with Crippen molar-refractivity contribution < 1.29 is 14.3 Å². The minimum atomic E-state index is -0.00178. The van der Waals surface area contributed by atoms with Gasteiger partial charge in [0.15, 0.2) is 11.5 Å². The summed E-state index contributed by atoms with van der Waals surface area (Å²) < 4.78 is 10.6. The minimum absolute atomic E-state index is 0.00178. The molecule has 2 heterocycles. The number of carbonyl (C=O) groups excluding carboxylic acids is 1. The Morgan fingerprint density at radius 3 is 2.07 bits per heavy atom. The fourth-order valence-corrected chi connectivity index (χ4v) is 3.30. The first kappa shape index (κ1) is 19.9. The number of benzene rings is 1. The predicted molar refractivity (Wildman–Crippen MR) is 108 cm³/mol. The highest BCUT2D eigenvalue weighted by Crippen LogP contribution is 2.28. The first-order valence-corrected chi connectivity index (χ1v) is 9.72. The molecule has 0 aliphatic carbocycles. The van der Waals surface area contributed by atoms with Crippen molar-refractivity contribution in [3.63, 3.8) is 0 Å². The van der Waals surface area contributed by atoms with Crippen LogP contribution in [0.1, 0.15) is 35.6 Å². The van der Waals surface area contributed by atoms with Gasteiger partial charge in [-0.25, -0.2) is 9.97 Å². The molecule has 150 valence electrons. The largest absolute Gasteiger partial charge is 0.493 e. The van der Waals surface area contributed by atoms with Crippen molar-refractivity contribution in [2.24, 2.45) is 0 Å². The molecule has 0 saturated carbocycles. The number of hydrogen-bond acceptors (Lipinski definition) is 6. The Morgan fingerprint density at radius 1 is 0.929 bits per heavy atom. The summed E-state index contributed by atoms with van der Waals surface area (Å²) in [7, 11) is 3.15. The average molecular weight is 384 g/mol. The van der Waals surface area contributed by atoms with Crippen molar-refractivity contribution in [2.45, 2.75) is 26.7 Å². The molecule has 7 nitrogen and oxygen atoms in total. The summed E-state index contributed by atoms with van der Waals surface area (Å²) in [6, 6.07) is 7.34. The van der Waals surface area contributed by atoms with Crippen LogP contribution in [-0.2, 0) is 12.8 Å². The van der Waals surface area contributed by atoms with E-state index < -0.39 is 0 Å². The molecule has 0 bridgehead atoms. The quantitative estimate of drug-likeness (QED) is 0.763. The van der Waals surface area contributed by atoms with Gasteiger partial charge in [-0.2, -0.15) is 0 Å². The number of anilines is 1. The fourth-order valence-electron chi connectivity index (χ4n) is 3.30. The lowest BCUT2D eigenvalue weighted by Crippen LogP contribution is -2.49. The Balaban J connectivity index is 1.69. The number of aryl methyl sites for hydroxylation is 2. The summed E-state index contributed by atoms with van der Waals surface area (Å²) in [5, 5.41) is 0. The number of aromatic nitrogens is 2. The van der Waals surface area contributed by atoms with Crippen LogP contribution in [0.15, 0.2) is 24.3 Å². The van der Waals surface area contributed by atoms with E-state index in [9.17, 15) is 4.79 Å². The molecule has 1 fully saturated rings. The Kier molecular flexibility index (Phi) is 6.34. The Bertz CT molecular complexity index is 810. The van der Waals surface area contributed by atoms with Gasteiger partial charge in [-0.1, -0.05) is 13.8 Å². The Morgan fingerprint density at radius 2 is 1.54 bits per heavy atom. The molecular formula is C21H28N4O3. The first-order chi connectivity index (χ1) is 13.6. The number of nitrogens with zero attached hydrogens (tertiary/aromatic N) is 4. The average Bonchev–Trinajstić information content (AvgIpc) is 2.77. The van der Waals surface area contributed by atoms with Crippen molar-refractivity contribution in [1.82, 2.24) is 14.9 Å². The van der Waals surface area contributed by atoms with Crippen LogP contribution in [0.4, 0.5) is 5.95 Å². The summed E-state index contributed by atoms with van der Waals surface area (Å²) in [4.78, 5) is 26.3. The van der Waals surface area contributed by atoms with Gasteiger partial charge in [-0.3, -0.25) is 4.79 Å². The lowest BCUT2D eigenvalue weighted by atomic mass is 10.1. The van der Waals surface area contributed by atoms with Crippen LogP contribution in [0.25, 0.3) is 0 Å². The van der Waals surface area contributed by atoms with Gasteiger partial charge in [0.1, 0.15) is 0 Å². The standard InChI is InChI=1S/C21H28N4O3/c1-5-16-14-17(6-2)23-21(22-16)25-11-9-24(10-12-25)20(26)15-7-8-18(27-3)19(13-15)28-4/h7-8,13-14H,5-6,9-12H2,1-4H3. The molecule has 28 heavy (non-hydrogen) atoms.